The number of hydrogen-bond donors (Lipinski definition) is 0. The Bertz CT molecular complexity index is 384. The van der Waals surface area contributed by atoms with Gasteiger partial charge in [-0.2, -0.15) is 0 Å². The summed E-state index contributed by atoms with van der Waals surface area (Å²) in [5, 5.41) is 0. The summed E-state index contributed by atoms with van der Waals surface area (Å²) in [5.74, 6) is 1.01. The zero-order chi connectivity index (χ0) is 15.7. The molecule has 1 aliphatic rings. The van der Waals surface area contributed by atoms with E-state index in [9.17, 15) is 4.79 Å². The zero-order valence-corrected chi connectivity index (χ0v) is 14.0. The molecule has 120 valence electrons. The van der Waals surface area contributed by atoms with Crippen molar-refractivity contribution in [2.45, 2.75) is 72.0 Å². The maximum atomic E-state index is 11.1. The third kappa shape index (κ3) is 6.47. The van der Waals surface area contributed by atoms with Gasteiger partial charge >= 0.3 is 0 Å². The molecule has 3 heteroatoms. The van der Waals surface area contributed by atoms with E-state index >= 15 is 0 Å². The summed E-state index contributed by atoms with van der Waals surface area (Å²) >= 11 is 0. The van der Waals surface area contributed by atoms with Crippen molar-refractivity contribution >= 4 is 5.78 Å². The molecular formula is C18H30O3. The summed E-state index contributed by atoms with van der Waals surface area (Å²) in [5.41, 5.74) is 0. The van der Waals surface area contributed by atoms with Gasteiger partial charge in [0.05, 0.1) is 12.4 Å². The molecule has 1 rings (SSSR count). The van der Waals surface area contributed by atoms with Crippen LogP contribution in [0.4, 0.5) is 0 Å². The number of ether oxygens (including phenoxy) is 2. The second kappa shape index (κ2) is 9.04. The summed E-state index contributed by atoms with van der Waals surface area (Å²) in [6.07, 6.45) is 11.6. The zero-order valence-electron chi connectivity index (χ0n) is 14.0. The van der Waals surface area contributed by atoms with Crippen LogP contribution in [0.15, 0.2) is 24.0 Å². The second-order valence-corrected chi connectivity index (χ2v) is 6.03. The SMILES string of the molecule is C/C=C/CC/C(=C\CCC(C)=O)OC1(C)OCCCC1C. The molecule has 1 aliphatic heterocycles. The average Bonchev–Trinajstić information content (AvgIpc) is 2.42. The van der Waals surface area contributed by atoms with E-state index in [1.807, 2.05) is 13.8 Å². The molecule has 0 aromatic carbocycles. The highest BCUT2D eigenvalue weighted by atomic mass is 16.7. The molecule has 1 saturated heterocycles. The highest BCUT2D eigenvalue weighted by Gasteiger charge is 2.37. The van der Waals surface area contributed by atoms with Crippen molar-refractivity contribution in [2.24, 2.45) is 5.92 Å². The lowest BCUT2D eigenvalue weighted by atomic mass is 9.94. The lowest BCUT2D eigenvalue weighted by molar-refractivity contribution is -0.252. The molecule has 0 saturated carbocycles. The van der Waals surface area contributed by atoms with Gasteiger partial charge in [0.2, 0.25) is 5.79 Å². The smallest absolute Gasteiger partial charge is 0.209 e. The van der Waals surface area contributed by atoms with E-state index in [1.165, 1.54) is 0 Å². The van der Waals surface area contributed by atoms with Crippen LogP contribution in [-0.4, -0.2) is 18.2 Å². The third-order valence-electron chi connectivity index (χ3n) is 4.06. The number of Topliss-reactive ketones (excluding diaryl/α,β-unsaturated/α-hetero) is 1. The summed E-state index contributed by atoms with van der Waals surface area (Å²) < 4.78 is 12.1. The van der Waals surface area contributed by atoms with Gasteiger partial charge in [0.15, 0.2) is 0 Å². The summed E-state index contributed by atoms with van der Waals surface area (Å²) in [4.78, 5) is 11.1. The molecule has 0 N–H and O–H groups in total. The molecule has 0 bridgehead atoms. The topological polar surface area (TPSA) is 35.5 Å². The van der Waals surface area contributed by atoms with E-state index in [1.54, 1.807) is 6.92 Å². The Labute approximate surface area is 129 Å². The largest absolute Gasteiger partial charge is 0.467 e. The minimum Gasteiger partial charge on any atom is -0.467 e. The van der Waals surface area contributed by atoms with Crippen LogP contribution in [0.5, 0.6) is 0 Å². The lowest BCUT2D eigenvalue weighted by Gasteiger charge is -2.40. The number of carbonyl (C=O) groups excluding carboxylic acids is 1. The van der Waals surface area contributed by atoms with Gasteiger partial charge in [0.25, 0.3) is 0 Å². The third-order valence-corrected chi connectivity index (χ3v) is 4.06. The number of carbonyl (C=O) groups is 1. The average molecular weight is 294 g/mol. The fourth-order valence-corrected chi connectivity index (χ4v) is 2.48. The molecule has 0 aromatic rings. The van der Waals surface area contributed by atoms with E-state index in [4.69, 9.17) is 9.47 Å². The van der Waals surface area contributed by atoms with Gasteiger partial charge in [-0.15, -0.1) is 0 Å². The lowest BCUT2D eigenvalue weighted by Crippen LogP contribution is -2.42. The first-order valence-electron chi connectivity index (χ1n) is 8.10. The van der Waals surface area contributed by atoms with E-state index < -0.39 is 5.79 Å². The first-order valence-corrected chi connectivity index (χ1v) is 8.10. The summed E-state index contributed by atoms with van der Waals surface area (Å²) in [7, 11) is 0. The Morgan fingerprint density at radius 3 is 2.76 bits per heavy atom. The molecule has 2 atom stereocenters. The van der Waals surface area contributed by atoms with Crippen molar-refractivity contribution in [3.05, 3.63) is 24.0 Å². The highest BCUT2D eigenvalue weighted by Crippen LogP contribution is 2.34. The molecule has 2 unspecified atom stereocenters. The van der Waals surface area contributed by atoms with Crippen LogP contribution in [-0.2, 0) is 14.3 Å². The Morgan fingerprint density at radius 2 is 2.14 bits per heavy atom. The Hall–Kier alpha value is -1.09. The molecule has 1 fully saturated rings. The van der Waals surface area contributed by atoms with Crippen molar-refractivity contribution < 1.29 is 14.3 Å². The van der Waals surface area contributed by atoms with Gasteiger partial charge in [-0.3, -0.25) is 0 Å². The van der Waals surface area contributed by atoms with Crippen LogP contribution in [0.3, 0.4) is 0 Å². The van der Waals surface area contributed by atoms with E-state index in [0.29, 0.717) is 12.3 Å². The van der Waals surface area contributed by atoms with Gasteiger partial charge in [0.1, 0.15) is 5.78 Å². The van der Waals surface area contributed by atoms with Gasteiger partial charge in [-0.1, -0.05) is 19.1 Å². The number of hydrogen-bond acceptors (Lipinski definition) is 3. The monoisotopic (exact) mass is 294 g/mol. The Morgan fingerprint density at radius 1 is 1.38 bits per heavy atom. The van der Waals surface area contributed by atoms with Crippen molar-refractivity contribution in [3.63, 3.8) is 0 Å². The van der Waals surface area contributed by atoms with Crippen LogP contribution in [0.2, 0.25) is 0 Å². The second-order valence-electron chi connectivity index (χ2n) is 6.03. The van der Waals surface area contributed by atoms with Gasteiger partial charge in [-0.25, -0.2) is 0 Å². The fraction of sp³-hybridized carbons (Fsp3) is 0.722. The number of rotatable bonds is 8. The molecular weight excluding hydrogens is 264 g/mol. The molecule has 1 heterocycles. The predicted octanol–water partition coefficient (Wildman–Crippen LogP) is 4.78. The number of allylic oxidation sites excluding steroid dienone is 4. The molecule has 0 spiro atoms. The van der Waals surface area contributed by atoms with E-state index in [-0.39, 0.29) is 5.78 Å². The van der Waals surface area contributed by atoms with Crippen LogP contribution in [0.1, 0.15) is 66.2 Å². The van der Waals surface area contributed by atoms with Crippen molar-refractivity contribution in [2.75, 3.05) is 6.61 Å². The van der Waals surface area contributed by atoms with Gasteiger partial charge < -0.3 is 14.3 Å². The molecule has 0 amide bonds. The van der Waals surface area contributed by atoms with Crippen molar-refractivity contribution in [1.29, 1.82) is 0 Å². The predicted molar refractivity (Wildman–Crippen MR) is 85.9 cm³/mol. The normalized spacial score (nSPS) is 27.0. The molecule has 0 aromatic heterocycles. The minimum atomic E-state index is -0.532. The quantitative estimate of drug-likeness (QED) is 0.477. The standard InChI is InChI=1S/C18H30O3/c1-5-6-7-12-17(13-8-11-16(3)19)21-18(4)15(2)10-9-14-20-18/h5-6,13,15H,7-12,14H2,1-4H3/b6-5+,17-13+. The van der Waals surface area contributed by atoms with Gasteiger partial charge in [0, 0.05) is 25.7 Å². The maximum Gasteiger partial charge on any atom is 0.209 e. The summed E-state index contributed by atoms with van der Waals surface area (Å²) in [6, 6.07) is 0. The van der Waals surface area contributed by atoms with Gasteiger partial charge in [-0.05, 0) is 45.6 Å². The van der Waals surface area contributed by atoms with Crippen LogP contribution < -0.4 is 0 Å². The van der Waals surface area contributed by atoms with Crippen molar-refractivity contribution in [1.82, 2.24) is 0 Å². The Balaban J connectivity index is 2.67. The molecule has 0 aliphatic carbocycles. The van der Waals surface area contributed by atoms with Crippen LogP contribution in [0.25, 0.3) is 0 Å². The molecule has 21 heavy (non-hydrogen) atoms. The van der Waals surface area contributed by atoms with Crippen LogP contribution in [0, 0.1) is 5.92 Å². The first kappa shape index (κ1) is 18.0. The fourth-order valence-electron chi connectivity index (χ4n) is 2.48. The number of ketones is 1. The molecule has 3 nitrogen and oxygen atoms in total. The first-order chi connectivity index (χ1) is 9.98. The molecule has 0 radical (unpaired) electrons. The highest BCUT2D eigenvalue weighted by molar-refractivity contribution is 5.75. The maximum absolute atomic E-state index is 11.1. The van der Waals surface area contributed by atoms with Crippen molar-refractivity contribution in [3.8, 4) is 0 Å². The van der Waals surface area contributed by atoms with E-state index in [2.05, 4.69) is 25.2 Å². The van der Waals surface area contributed by atoms with Crippen LogP contribution >= 0.6 is 0 Å². The minimum absolute atomic E-state index is 0.215. The Kier molecular flexibility index (Phi) is 7.73. The van der Waals surface area contributed by atoms with E-state index in [0.717, 1.165) is 44.5 Å². The summed E-state index contributed by atoms with van der Waals surface area (Å²) in [6.45, 7) is 8.62.